The minimum Gasteiger partial charge on any atom is -0.481 e. The first-order valence-electron chi connectivity index (χ1n) is 8.77. The number of rotatable bonds is 7. The summed E-state index contributed by atoms with van der Waals surface area (Å²) in [5, 5.41) is 12.2. The third-order valence-electron chi connectivity index (χ3n) is 4.12. The van der Waals surface area contributed by atoms with Crippen molar-refractivity contribution in [2.45, 2.75) is 19.4 Å². The van der Waals surface area contributed by atoms with E-state index in [1.165, 1.54) is 6.07 Å². The molecule has 2 aromatic carbocycles. The van der Waals surface area contributed by atoms with Gasteiger partial charge in [0.2, 0.25) is 0 Å². The van der Waals surface area contributed by atoms with Crippen LogP contribution >= 0.6 is 0 Å². The molecule has 0 radical (unpaired) electrons. The fourth-order valence-corrected chi connectivity index (χ4v) is 2.76. The molecule has 140 valence electrons. The third-order valence-corrected chi connectivity index (χ3v) is 4.12. The molecule has 0 saturated heterocycles. The summed E-state index contributed by atoms with van der Waals surface area (Å²) < 4.78 is 11.0. The number of aliphatic hydroxyl groups is 1. The lowest BCUT2D eigenvalue weighted by Gasteiger charge is -2.15. The molecule has 1 unspecified atom stereocenters. The van der Waals surface area contributed by atoms with E-state index in [0.717, 1.165) is 16.5 Å². The van der Waals surface area contributed by atoms with E-state index >= 15 is 0 Å². The van der Waals surface area contributed by atoms with Crippen molar-refractivity contribution in [1.82, 2.24) is 5.32 Å². The lowest BCUT2D eigenvalue weighted by molar-refractivity contribution is -0.127. The Morgan fingerprint density at radius 2 is 1.96 bits per heavy atom. The summed E-state index contributed by atoms with van der Waals surface area (Å²) in [5.41, 5.74) is 1.64. The zero-order chi connectivity index (χ0) is 19.2. The van der Waals surface area contributed by atoms with Crippen LogP contribution in [-0.2, 0) is 4.79 Å². The summed E-state index contributed by atoms with van der Waals surface area (Å²) in [6.45, 7) is 2.04. The van der Waals surface area contributed by atoms with Gasteiger partial charge in [-0.05, 0) is 36.6 Å². The Kier molecular flexibility index (Phi) is 5.88. The summed E-state index contributed by atoms with van der Waals surface area (Å²) in [6.07, 6.45) is -0.229. The first kappa shape index (κ1) is 18.7. The normalized spacial score (nSPS) is 11.9. The van der Waals surface area contributed by atoms with Gasteiger partial charge in [0.05, 0.1) is 0 Å². The third kappa shape index (κ3) is 4.54. The van der Waals surface area contributed by atoms with Gasteiger partial charge in [-0.2, -0.15) is 0 Å². The molecule has 0 fully saturated rings. The van der Waals surface area contributed by atoms with Crippen LogP contribution in [0.3, 0.4) is 0 Å². The van der Waals surface area contributed by atoms with Crippen LogP contribution in [0.15, 0.2) is 63.8 Å². The van der Waals surface area contributed by atoms with Crippen molar-refractivity contribution in [3.05, 3.63) is 65.0 Å². The predicted molar refractivity (Wildman–Crippen MR) is 103 cm³/mol. The lowest BCUT2D eigenvalue weighted by Crippen LogP contribution is -2.37. The van der Waals surface area contributed by atoms with Gasteiger partial charge in [-0.3, -0.25) is 4.79 Å². The van der Waals surface area contributed by atoms with Gasteiger partial charge in [0.25, 0.3) is 5.91 Å². The van der Waals surface area contributed by atoms with E-state index in [1.807, 2.05) is 36.4 Å². The van der Waals surface area contributed by atoms with Crippen LogP contribution in [0.4, 0.5) is 0 Å². The van der Waals surface area contributed by atoms with Crippen LogP contribution in [0.25, 0.3) is 22.1 Å². The molecular weight excluding hydrogens is 346 g/mol. The van der Waals surface area contributed by atoms with Crippen molar-refractivity contribution in [3.8, 4) is 16.9 Å². The van der Waals surface area contributed by atoms with Gasteiger partial charge >= 0.3 is 5.63 Å². The zero-order valence-corrected chi connectivity index (χ0v) is 15.0. The number of carbonyl (C=O) groups excluding carboxylic acids is 1. The number of nitrogens with one attached hydrogen (secondary N) is 1. The first-order chi connectivity index (χ1) is 13.1. The molecule has 1 heterocycles. The number of benzene rings is 2. The van der Waals surface area contributed by atoms with Crippen molar-refractivity contribution in [2.75, 3.05) is 13.2 Å². The molecule has 0 spiro atoms. The highest BCUT2D eigenvalue weighted by Crippen LogP contribution is 2.29. The maximum atomic E-state index is 12.0. The van der Waals surface area contributed by atoms with Crippen LogP contribution in [0.5, 0.6) is 5.75 Å². The van der Waals surface area contributed by atoms with E-state index in [1.54, 1.807) is 19.1 Å². The van der Waals surface area contributed by atoms with Gasteiger partial charge in [-0.25, -0.2) is 4.79 Å². The quantitative estimate of drug-likeness (QED) is 0.495. The van der Waals surface area contributed by atoms with Crippen LogP contribution in [0, 0.1) is 0 Å². The number of ether oxygens (including phenoxy) is 1. The Balaban J connectivity index is 1.86. The summed E-state index contributed by atoms with van der Waals surface area (Å²) in [6, 6.07) is 16.2. The minimum absolute atomic E-state index is 0.0168. The molecule has 2 N–H and O–H groups in total. The summed E-state index contributed by atoms with van der Waals surface area (Å²) >= 11 is 0. The van der Waals surface area contributed by atoms with Crippen LogP contribution in [0.2, 0.25) is 0 Å². The average molecular weight is 367 g/mol. The fourth-order valence-electron chi connectivity index (χ4n) is 2.76. The minimum atomic E-state index is -0.717. The Labute approximate surface area is 156 Å². The fraction of sp³-hybridized carbons (Fsp3) is 0.238. The van der Waals surface area contributed by atoms with E-state index in [-0.39, 0.29) is 12.5 Å². The Bertz CT molecular complexity index is 981. The first-order valence-corrected chi connectivity index (χ1v) is 8.77. The highest BCUT2D eigenvalue weighted by atomic mass is 16.5. The van der Waals surface area contributed by atoms with Gasteiger partial charge in [-0.15, -0.1) is 0 Å². The van der Waals surface area contributed by atoms with Crippen molar-refractivity contribution in [1.29, 1.82) is 0 Å². The largest absolute Gasteiger partial charge is 0.481 e. The molecule has 6 nitrogen and oxygen atoms in total. The smallest absolute Gasteiger partial charge is 0.336 e. The number of aliphatic hydroxyl groups excluding tert-OH is 1. The number of carbonyl (C=O) groups is 1. The molecule has 1 atom stereocenters. The van der Waals surface area contributed by atoms with Gasteiger partial charge in [-0.1, -0.05) is 30.3 Å². The summed E-state index contributed by atoms with van der Waals surface area (Å²) in [4.78, 5) is 24.0. The van der Waals surface area contributed by atoms with Crippen molar-refractivity contribution < 1.29 is 19.1 Å². The molecule has 6 heteroatoms. The lowest BCUT2D eigenvalue weighted by atomic mass is 10.0. The SMILES string of the molecule is CC(Oc1ccc2c(-c3ccccc3)cc(=O)oc2c1)C(=O)NCCCO. The zero-order valence-electron chi connectivity index (χ0n) is 15.0. The molecule has 0 aliphatic carbocycles. The maximum absolute atomic E-state index is 12.0. The molecule has 0 bridgehead atoms. The van der Waals surface area contributed by atoms with Crippen molar-refractivity contribution in [3.63, 3.8) is 0 Å². The Hall–Kier alpha value is -3.12. The van der Waals surface area contributed by atoms with E-state index in [2.05, 4.69) is 5.32 Å². The number of amides is 1. The number of fused-ring (bicyclic) bond motifs is 1. The second-order valence-corrected chi connectivity index (χ2v) is 6.13. The molecule has 1 amide bonds. The van der Waals surface area contributed by atoms with E-state index < -0.39 is 11.7 Å². The standard InChI is InChI=1S/C21H21NO5/c1-14(21(25)22-10-5-11-23)26-16-8-9-17-18(15-6-3-2-4-7-15)13-20(24)27-19(17)12-16/h2-4,6-9,12-14,23H,5,10-11H2,1H3,(H,22,25). The highest BCUT2D eigenvalue weighted by Gasteiger charge is 2.15. The summed E-state index contributed by atoms with van der Waals surface area (Å²) in [7, 11) is 0. The second kappa shape index (κ2) is 8.51. The Morgan fingerprint density at radius 1 is 1.19 bits per heavy atom. The molecule has 3 aromatic rings. The van der Waals surface area contributed by atoms with Gasteiger partial charge in [0, 0.05) is 30.7 Å². The number of hydrogen-bond acceptors (Lipinski definition) is 5. The molecular formula is C21H21NO5. The van der Waals surface area contributed by atoms with Crippen LogP contribution < -0.4 is 15.7 Å². The van der Waals surface area contributed by atoms with Gasteiger partial charge in [0.1, 0.15) is 11.3 Å². The number of hydrogen-bond donors (Lipinski definition) is 2. The monoisotopic (exact) mass is 367 g/mol. The molecule has 1 aromatic heterocycles. The highest BCUT2D eigenvalue weighted by molar-refractivity contribution is 5.93. The molecule has 27 heavy (non-hydrogen) atoms. The van der Waals surface area contributed by atoms with Crippen LogP contribution in [0.1, 0.15) is 13.3 Å². The molecule has 0 aliphatic rings. The van der Waals surface area contributed by atoms with Gasteiger partial charge < -0.3 is 19.6 Å². The average Bonchev–Trinajstić information content (AvgIpc) is 2.67. The van der Waals surface area contributed by atoms with Crippen molar-refractivity contribution >= 4 is 16.9 Å². The van der Waals surface area contributed by atoms with E-state index in [4.69, 9.17) is 14.3 Å². The maximum Gasteiger partial charge on any atom is 0.336 e. The summed E-state index contributed by atoms with van der Waals surface area (Å²) in [5.74, 6) is 0.156. The van der Waals surface area contributed by atoms with Crippen molar-refractivity contribution in [2.24, 2.45) is 0 Å². The van der Waals surface area contributed by atoms with E-state index in [9.17, 15) is 9.59 Å². The van der Waals surface area contributed by atoms with E-state index in [0.29, 0.717) is 24.3 Å². The molecule has 0 aliphatic heterocycles. The van der Waals surface area contributed by atoms with Crippen LogP contribution in [-0.4, -0.2) is 30.3 Å². The Morgan fingerprint density at radius 3 is 2.70 bits per heavy atom. The van der Waals surface area contributed by atoms with Gasteiger partial charge in [0.15, 0.2) is 6.10 Å². The second-order valence-electron chi connectivity index (χ2n) is 6.13. The molecule has 0 saturated carbocycles. The molecule has 3 rings (SSSR count). The predicted octanol–water partition coefficient (Wildman–Crippen LogP) is 2.73. The topological polar surface area (TPSA) is 88.8 Å².